The fourth-order valence-corrected chi connectivity index (χ4v) is 7.14. The number of nitrogens with zero attached hydrogens (tertiary/aromatic N) is 1. The zero-order valence-electron chi connectivity index (χ0n) is 19.6. The fourth-order valence-electron chi connectivity index (χ4n) is 6.14. The Hall–Kier alpha value is -2.18. The number of carbonyl (C=O) groups is 2. The van der Waals surface area contributed by atoms with E-state index in [4.69, 9.17) is 0 Å². The zero-order chi connectivity index (χ0) is 22.9. The van der Waals surface area contributed by atoms with E-state index in [9.17, 15) is 9.59 Å². The summed E-state index contributed by atoms with van der Waals surface area (Å²) in [5.41, 5.74) is 1.74. The zero-order valence-corrected chi connectivity index (χ0v) is 20.4. The summed E-state index contributed by atoms with van der Waals surface area (Å²) in [6.07, 6.45) is 8.13. The van der Waals surface area contributed by atoms with Crippen molar-refractivity contribution in [1.29, 1.82) is 0 Å². The van der Waals surface area contributed by atoms with Crippen LogP contribution in [0.5, 0.6) is 0 Å². The minimum Gasteiger partial charge on any atom is -0.355 e. The quantitative estimate of drug-likeness (QED) is 0.609. The van der Waals surface area contributed by atoms with Crippen LogP contribution in [-0.2, 0) is 21.5 Å². The molecule has 2 N–H and O–H groups in total. The van der Waals surface area contributed by atoms with Gasteiger partial charge in [0.05, 0.1) is 5.00 Å². The molecule has 3 aliphatic rings. The molecule has 6 heteroatoms. The fraction of sp³-hybridized carbons (Fsp3) is 0.556. The average Bonchev–Trinajstić information content (AvgIpc) is 3.14. The number of carbonyl (C=O) groups excluding carboxylic acids is 2. The largest absolute Gasteiger partial charge is 0.355 e. The van der Waals surface area contributed by atoms with E-state index in [1.165, 1.54) is 36.1 Å². The number of piperidine rings is 1. The van der Waals surface area contributed by atoms with E-state index in [0.717, 1.165) is 50.4 Å². The molecule has 176 valence electrons. The van der Waals surface area contributed by atoms with Crippen molar-refractivity contribution in [3.05, 3.63) is 52.9 Å². The van der Waals surface area contributed by atoms with Gasteiger partial charge in [0.2, 0.25) is 11.8 Å². The second-order valence-corrected chi connectivity index (χ2v) is 11.6. The molecule has 2 aliphatic carbocycles. The smallest absolute Gasteiger partial charge is 0.223 e. The second kappa shape index (κ2) is 9.22. The van der Waals surface area contributed by atoms with Crippen LogP contribution < -0.4 is 10.6 Å². The van der Waals surface area contributed by atoms with Crippen LogP contribution in [0.2, 0.25) is 0 Å². The maximum atomic E-state index is 13.1. The van der Waals surface area contributed by atoms with Crippen molar-refractivity contribution in [2.45, 2.75) is 63.8 Å². The summed E-state index contributed by atoms with van der Waals surface area (Å²) in [6, 6.07) is 14.9. The molecule has 2 amide bonds. The minimum absolute atomic E-state index is 0.0241. The predicted molar refractivity (Wildman–Crippen MR) is 133 cm³/mol. The summed E-state index contributed by atoms with van der Waals surface area (Å²) in [5, 5.41) is 7.16. The van der Waals surface area contributed by atoms with Crippen molar-refractivity contribution in [2.24, 2.45) is 11.3 Å². The van der Waals surface area contributed by atoms with Crippen molar-refractivity contribution in [3.8, 4) is 0 Å². The molecule has 33 heavy (non-hydrogen) atoms. The molecule has 1 spiro atoms. The van der Waals surface area contributed by atoms with Crippen molar-refractivity contribution < 1.29 is 9.59 Å². The van der Waals surface area contributed by atoms with Crippen molar-refractivity contribution in [2.75, 3.05) is 25.0 Å². The Labute approximate surface area is 200 Å². The molecule has 5 rings (SSSR count). The number of amides is 2. The lowest BCUT2D eigenvalue weighted by Crippen LogP contribution is -2.41. The predicted octanol–water partition coefficient (Wildman–Crippen LogP) is 4.94. The highest BCUT2D eigenvalue weighted by Gasteiger charge is 2.58. The van der Waals surface area contributed by atoms with Crippen LogP contribution >= 0.6 is 11.3 Å². The van der Waals surface area contributed by atoms with Gasteiger partial charge in [0, 0.05) is 36.2 Å². The van der Waals surface area contributed by atoms with Gasteiger partial charge in [-0.15, -0.1) is 11.3 Å². The van der Waals surface area contributed by atoms with Crippen LogP contribution in [0, 0.1) is 11.3 Å². The number of anilines is 1. The van der Waals surface area contributed by atoms with Crippen LogP contribution in [0.1, 0.15) is 62.3 Å². The highest BCUT2D eigenvalue weighted by atomic mass is 32.1. The standard InChI is InChI=1S/C27H35N3O2S/c1-20(31)29-24-10-9-22(33-24)18-30-15-13-26(14-16-30)17-23(26)25(32)28-19-27(11-5-6-12-27)21-7-3-2-4-8-21/h2-4,7-10,23H,5-6,11-19H2,1H3,(H,28,32)(H,29,31). The summed E-state index contributed by atoms with van der Waals surface area (Å²) < 4.78 is 0. The number of thiophene rings is 1. The van der Waals surface area contributed by atoms with Gasteiger partial charge in [-0.1, -0.05) is 43.2 Å². The lowest BCUT2D eigenvalue weighted by atomic mass is 9.78. The SMILES string of the molecule is CC(=O)Nc1ccc(CN2CCC3(CC2)CC3C(=O)NCC2(c3ccccc3)CCCC2)s1. The Morgan fingerprint density at radius 1 is 1.03 bits per heavy atom. The molecule has 2 heterocycles. The van der Waals surface area contributed by atoms with E-state index in [1.807, 2.05) is 6.07 Å². The summed E-state index contributed by atoms with van der Waals surface area (Å²) >= 11 is 1.65. The van der Waals surface area contributed by atoms with Gasteiger partial charge in [-0.05, 0) is 68.3 Å². The van der Waals surface area contributed by atoms with Crippen LogP contribution in [0.4, 0.5) is 5.00 Å². The number of hydrogen-bond acceptors (Lipinski definition) is 4. The Balaban J connectivity index is 1.11. The first-order chi connectivity index (χ1) is 16.0. The molecule has 3 fully saturated rings. The number of rotatable bonds is 7. The van der Waals surface area contributed by atoms with Gasteiger partial charge in [-0.25, -0.2) is 0 Å². The van der Waals surface area contributed by atoms with E-state index in [0.29, 0.717) is 0 Å². The highest BCUT2D eigenvalue weighted by Crippen LogP contribution is 2.59. The number of hydrogen-bond donors (Lipinski definition) is 2. The number of benzene rings is 1. The first kappa shape index (κ1) is 22.6. The molecule has 2 aromatic rings. The Kier molecular flexibility index (Phi) is 6.32. The van der Waals surface area contributed by atoms with E-state index >= 15 is 0 Å². The van der Waals surface area contributed by atoms with Crippen LogP contribution in [-0.4, -0.2) is 36.3 Å². The molecular formula is C27H35N3O2S. The molecule has 1 atom stereocenters. The van der Waals surface area contributed by atoms with Crippen molar-refractivity contribution >= 4 is 28.2 Å². The van der Waals surface area contributed by atoms with Gasteiger partial charge in [0.25, 0.3) is 0 Å². The number of likely N-dealkylation sites (tertiary alicyclic amines) is 1. The summed E-state index contributed by atoms with van der Waals surface area (Å²) in [6.45, 7) is 5.34. The maximum absolute atomic E-state index is 13.1. The summed E-state index contributed by atoms with van der Waals surface area (Å²) in [7, 11) is 0. The third kappa shape index (κ3) is 4.87. The molecular weight excluding hydrogens is 430 g/mol. The number of nitrogens with one attached hydrogen (secondary N) is 2. The average molecular weight is 466 g/mol. The van der Waals surface area contributed by atoms with Crippen LogP contribution in [0.15, 0.2) is 42.5 Å². The van der Waals surface area contributed by atoms with Gasteiger partial charge in [0.15, 0.2) is 0 Å². The molecule has 0 radical (unpaired) electrons. The lowest BCUT2D eigenvalue weighted by molar-refractivity contribution is -0.123. The summed E-state index contributed by atoms with van der Waals surface area (Å²) in [4.78, 5) is 28.1. The Morgan fingerprint density at radius 2 is 1.76 bits per heavy atom. The lowest BCUT2D eigenvalue weighted by Gasteiger charge is -2.33. The van der Waals surface area contributed by atoms with E-state index < -0.39 is 0 Å². The van der Waals surface area contributed by atoms with Gasteiger partial charge in [-0.2, -0.15) is 0 Å². The molecule has 1 aromatic carbocycles. The third-order valence-electron chi connectivity index (χ3n) is 8.25. The van der Waals surface area contributed by atoms with Gasteiger partial charge in [-0.3, -0.25) is 14.5 Å². The van der Waals surface area contributed by atoms with E-state index in [-0.39, 0.29) is 28.6 Å². The Bertz CT molecular complexity index is 988. The van der Waals surface area contributed by atoms with Crippen molar-refractivity contribution in [3.63, 3.8) is 0 Å². The molecule has 1 aliphatic heterocycles. The molecule has 1 unspecified atom stereocenters. The van der Waals surface area contributed by atoms with Crippen LogP contribution in [0.25, 0.3) is 0 Å². The molecule has 5 nitrogen and oxygen atoms in total. The highest BCUT2D eigenvalue weighted by molar-refractivity contribution is 7.16. The first-order valence-electron chi connectivity index (χ1n) is 12.4. The van der Waals surface area contributed by atoms with E-state index in [2.05, 4.69) is 51.9 Å². The summed E-state index contributed by atoms with van der Waals surface area (Å²) in [5.74, 6) is 0.454. The van der Waals surface area contributed by atoms with Crippen molar-refractivity contribution in [1.82, 2.24) is 10.2 Å². The molecule has 1 aromatic heterocycles. The molecule has 0 bridgehead atoms. The minimum atomic E-state index is -0.0241. The van der Waals surface area contributed by atoms with Gasteiger partial charge >= 0.3 is 0 Å². The third-order valence-corrected chi connectivity index (χ3v) is 9.23. The second-order valence-electron chi connectivity index (χ2n) is 10.4. The molecule has 1 saturated heterocycles. The van der Waals surface area contributed by atoms with Crippen LogP contribution in [0.3, 0.4) is 0 Å². The Morgan fingerprint density at radius 3 is 2.45 bits per heavy atom. The molecule has 2 saturated carbocycles. The first-order valence-corrected chi connectivity index (χ1v) is 13.2. The van der Waals surface area contributed by atoms with E-state index in [1.54, 1.807) is 18.3 Å². The van der Waals surface area contributed by atoms with Gasteiger partial charge < -0.3 is 10.6 Å². The maximum Gasteiger partial charge on any atom is 0.223 e. The monoisotopic (exact) mass is 465 g/mol. The van der Waals surface area contributed by atoms with Gasteiger partial charge in [0.1, 0.15) is 0 Å². The normalized spacial score (nSPS) is 23.4. The topological polar surface area (TPSA) is 61.4 Å².